The second kappa shape index (κ2) is 5.29. The van der Waals surface area contributed by atoms with Gasteiger partial charge in [0.05, 0.1) is 14.2 Å². The molecule has 0 aliphatic carbocycles. The van der Waals surface area contributed by atoms with Crippen molar-refractivity contribution in [3.63, 3.8) is 0 Å². The molecule has 4 nitrogen and oxygen atoms in total. The van der Waals surface area contributed by atoms with Crippen LogP contribution < -0.4 is 14.8 Å². The molecule has 1 aromatic carbocycles. The van der Waals surface area contributed by atoms with E-state index in [2.05, 4.69) is 10.2 Å². The van der Waals surface area contributed by atoms with Gasteiger partial charge in [-0.25, -0.2) is 0 Å². The van der Waals surface area contributed by atoms with Crippen LogP contribution in [-0.2, 0) is 0 Å². The predicted molar refractivity (Wildman–Crippen MR) is 76.2 cm³/mol. The van der Waals surface area contributed by atoms with Gasteiger partial charge in [-0.2, -0.15) is 0 Å². The highest BCUT2D eigenvalue weighted by molar-refractivity contribution is 5.54. The molecule has 0 spiro atoms. The Hall–Kier alpha value is -1.42. The predicted octanol–water partition coefficient (Wildman–Crippen LogP) is 2.35. The maximum absolute atomic E-state index is 5.32. The third-order valence-electron chi connectivity index (χ3n) is 4.31. The van der Waals surface area contributed by atoms with E-state index in [9.17, 15) is 0 Å². The molecule has 1 aromatic rings. The van der Waals surface area contributed by atoms with Crippen LogP contribution in [0.3, 0.4) is 0 Å². The number of hydrogen-bond donors (Lipinski definition) is 1. The van der Waals surface area contributed by atoms with E-state index in [-0.39, 0.29) is 0 Å². The number of benzene rings is 1. The first-order chi connectivity index (χ1) is 9.30. The summed E-state index contributed by atoms with van der Waals surface area (Å²) < 4.78 is 10.6. The first-order valence-corrected chi connectivity index (χ1v) is 7.04. The largest absolute Gasteiger partial charge is 0.497 e. The molecule has 2 aliphatic rings. The monoisotopic (exact) mass is 262 g/mol. The van der Waals surface area contributed by atoms with Gasteiger partial charge in [0.2, 0.25) is 0 Å². The van der Waals surface area contributed by atoms with Gasteiger partial charge in [-0.1, -0.05) is 0 Å². The molecular weight excluding hydrogens is 240 g/mol. The van der Waals surface area contributed by atoms with Gasteiger partial charge < -0.3 is 14.8 Å². The van der Waals surface area contributed by atoms with Crippen LogP contribution in [0.1, 0.15) is 19.3 Å². The minimum absolute atomic E-state index is 0.555. The fraction of sp³-hybridized carbons (Fsp3) is 0.600. The van der Waals surface area contributed by atoms with Crippen molar-refractivity contribution >= 4 is 5.69 Å². The van der Waals surface area contributed by atoms with Crippen LogP contribution in [0.4, 0.5) is 5.69 Å². The van der Waals surface area contributed by atoms with Crippen LogP contribution in [0.5, 0.6) is 11.5 Å². The molecular formula is C15H22N2O2. The number of fused-ring (bicyclic) bond motifs is 1. The standard InChI is InChI=1S/C15H22N2O2/c1-18-12-8-11(9-13(10-12)19-2)16-14-5-7-17-6-3-4-15(14)17/h8-10,14-16H,3-7H2,1-2H3. The fourth-order valence-corrected chi connectivity index (χ4v) is 3.36. The Kier molecular flexibility index (Phi) is 3.51. The third-order valence-corrected chi connectivity index (χ3v) is 4.31. The summed E-state index contributed by atoms with van der Waals surface area (Å²) in [7, 11) is 3.37. The number of methoxy groups -OCH3 is 2. The molecule has 2 atom stereocenters. The summed E-state index contributed by atoms with van der Waals surface area (Å²) in [5, 5.41) is 3.66. The Morgan fingerprint density at radius 3 is 2.47 bits per heavy atom. The molecule has 104 valence electrons. The zero-order chi connectivity index (χ0) is 13.2. The lowest BCUT2D eigenvalue weighted by molar-refractivity contribution is 0.318. The molecule has 19 heavy (non-hydrogen) atoms. The first kappa shape index (κ1) is 12.6. The Balaban J connectivity index is 1.75. The SMILES string of the molecule is COc1cc(NC2CCN3CCCC23)cc(OC)c1. The zero-order valence-corrected chi connectivity index (χ0v) is 11.7. The smallest absolute Gasteiger partial charge is 0.124 e. The van der Waals surface area contributed by atoms with Gasteiger partial charge in [-0.15, -0.1) is 0 Å². The highest BCUT2D eigenvalue weighted by atomic mass is 16.5. The molecule has 2 unspecified atom stereocenters. The van der Waals surface area contributed by atoms with Crippen molar-refractivity contribution in [1.29, 1.82) is 0 Å². The lowest BCUT2D eigenvalue weighted by atomic mass is 10.1. The summed E-state index contributed by atoms with van der Waals surface area (Å²) in [5.41, 5.74) is 1.09. The van der Waals surface area contributed by atoms with Crippen molar-refractivity contribution in [3.05, 3.63) is 18.2 Å². The number of nitrogens with zero attached hydrogens (tertiary/aromatic N) is 1. The van der Waals surface area contributed by atoms with Crippen LogP contribution in [0.25, 0.3) is 0 Å². The summed E-state index contributed by atoms with van der Waals surface area (Å²) in [6.07, 6.45) is 3.88. The van der Waals surface area contributed by atoms with E-state index in [0.717, 1.165) is 17.2 Å². The molecule has 0 radical (unpaired) electrons. The van der Waals surface area contributed by atoms with Crippen LogP contribution in [-0.4, -0.2) is 44.3 Å². The molecule has 2 saturated heterocycles. The Bertz CT molecular complexity index is 428. The summed E-state index contributed by atoms with van der Waals surface area (Å²) in [5.74, 6) is 1.67. The molecule has 1 N–H and O–H groups in total. The first-order valence-electron chi connectivity index (χ1n) is 7.04. The lowest BCUT2D eigenvalue weighted by Gasteiger charge is -2.22. The summed E-state index contributed by atoms with van der Waals surface area (Å²) in [6, 6.07) is 7.25. The molecule has 4 heteroatoms. The molecule has 2 aliphatic heterocycles. The van der Waals surface area contributed by atoms with Crippen molar-refractivity contribution in [2.75, 3.05) is 32.6 Å². The van der Waals surface area contributed by atoms with Crippen molar-refractivity contribution in [1.82, 2.24) is 4.90 Å². The molecule has 2 heterocycles. The maximum atomic E-state index is 5.32. The van der Waals surface area contributed by atoms with E-state index >= 15 is 0 Å². The lowest BCUT2D eigenvalue weighted by Crippen LogP contribution is -2.33. The number of ether oxygens (including phenoxy) is 2. The molecule has 2 fully saturated rings. The summed E-state index contributed by atoms with van der Waals surface area (Å²) in [4.78, 5) is 2.61. The quantitative estimate of drug-likeness (QED) is 0.903. The second-order valence-electron chi connectivity index (χ2n) is 5.39. The van der Waals surface area contributed by atoms with Crippen LogP contribution in [0.2, 0.25) is 0 Å². The molecule has 0 saturated carbocycles. The minimum atomic E-state index is 0.555. The van der Waals surface area contributed by atoms with E-state index in [1.807, 2.05) is 18.2 Å². The summed E-state index contributed by atoms with van der Waals surface area (Å²) in [6.45, 7) is 2.49. The highest BCUT2D eigenvalue weighted by Crippen LogP contribution is 2.32. The average Bonchev–Trinajstić information content (AvgIpc) is 3.03. The Morgan fingerprint density at radius 2 is 1.79 bits per heavy atom. The molecule has 3 rings (SSSR count). The minimum Gasteiger partial charge on any atom is -0.497 e. The molecule has 0 aromatic heterocycles. The van der Waals surface area contributed by atoms with Gasteiger partial charge >= 0.3 is 0 Å². The van der Waals surface area contributed by atoms with Crippen molar-refractivity contribution in [2.45, 2.75) is 31.3 Å². The normalized spacial score (nSPS) is 26.2. The van der Waals surface area contributed by atoms with Crippen molar-refractivity contribution < 1.29 is 9.47 Å². The van der Waals surface area contributed by atoms with E-state index < -0.39 is 0 Å². The number of rotatable bonds is 4. The highest BCUT2D eigenvalue weighted by Gasteiger charge is 2.36. The maximum Gasteiger partial charge on any atom is 0.124 e. The number of nitrogens with one attached hydrogen (secondary N) is 1. The topological polar surface area (TPSA) is 33.7 Å². The number of hydrogen-bond acceptors (Lipinski definition) is 4. The van der Waals surface area contributed by atoms with Crippen LogP contribution in [0, 0.1) is 0 Å². The van der Waals surface area contributed by atoms with E-state index in [0.29, 0.717) is 12.1 Å². The molecule has 0 bridgehead atoms. The average molecular weight is 262 g/mol. The number of anilines is 1. The van der Waals surface area contributed by atoms with Gasteiger partial charge in [-0.3, -0.25) is 4.90 Å². The molecule has 0 amide bonds. The van der Waals surface area contributed by atoms with E-state index in [4.69, 9.17) is 9.47 Å². The van der Waals surface area contributed by atoms with Crippen molar-refractivity contribution in [3.8, 4) is 11.5 Å². The van der Waals surface area contributed by atoms with Crippen LogP contribution >= 0.6 is 0 Å². The van der Waals surface area contributed by atoms with E-state index in [1.54, 1.807) is 14.2 Å². The van der Waals surface area contributed by atoms with E-state index in [1.165, 1.54) is 32.4 Å². The van der Waals surface area contributed by atoms with Gasteiger partial charge in [0.1, 0.15) is 11.5 Å². The van der Waals surface area contributed by atoms with Gasteiger partial charge in [0, 0.05) is 42.5 Å². The van der Waals surface area contributed by atoms with Gasteiger partial charge in [0.25, 0.3) is 0 Å². The van der Waals surface area contributed by atoms with Gasteiger partial charge in [-0.05, 0) is 25.8 Å². The Morgan fingerprint density at radius 1 is 1.05 bits per heavy atom. The van der Waals surface area contributed by atoms with Crippen LogP contribution in [0.15, 0.2) is 18.2 Å². The fourth-order valence-electron chi connectivity index (χ4n) is 3.36. The van der Waals surface area contributed by atoms with Crippen molar-refractivity contribution in [2.24, 2.45) is 0 Å². The third kappa shape index (κ3) is 2.50. The summed E-state index contributed by atoms with van der Waals surface area (Å²) >= 11 is 0. The van der Waals surface area contributed by atoms with Gasteiger partial charge in [0.15, 0.2) is 0 Å². The Labute approximate surface area is 114 Å². The second-order valence-corrected chi connectivity index (χ2v) is 5.39. The zero-order valence-electron chi connectivity index (χ0n) is 11.7.